The Morgan fingerprint density at radius 2 is 1.89 bits per heavy atom. The molecule has 1 amide bonds. The average Bonchev–Trinajstić information content (AvgIpc) is 3.24. The second-order valence-electron chi connectivity index (χ2n) is 9.25. The predicted octanol–water partition coefficient (Wildman–Crippen LogP) is 2.67. The number of carbonyl (C=O) groups is 1. The van der Waals surface area contributed by atoms with Gasteiger partial charge in [-0.3, -0.25) is 9.69 Å². The largest absolute Gasteiger partial charge is 0.489 e. The summed E-state index contributed by atoms with van der Waals surface area (Å²) in [6.07, 6.45) is 1.72. The van der Waals surface area contributed by atoms with Crippen molar-refractivity contribution in [2.75, 3.05) is 32.0 Å². The van der Waals surface area contributed by atoms with Gasteiger partial charge in [-0.05, 0) is 69.0 Å². The van der Waals surface area contributed by atoms with Gasteiger partial charge in [0.25, 0.3) is 5.89 Å². The number of anilines is 1. The number of fused-ring (bicyclic) bond motifs is 1. The van der Waals surface area contributed by atoms with Crippen molar-refractivity contribution in [3.8, 4) is 28.6 Å². The van der Waals surface area contributed by atoms with Crippen molar-refractivity contribution < 1.29 is 19.2 Å². The molecule has 4 N–H and O–H groups in total. The molecule has 3 aromatic rings. The first-order valence-electron chi connectivity index (χ1n) is 12.0. The van der Waals surface area contributed by atoms with Gasteiger partial charge in [-0.1, -0.05) is 17.3 Å². The Bertz CT molecular complexity index is 1180. The van der Waals surface area contributed by atoms with Crippen LogP contribution in [0.1, 0.15) is 31.9 Å². The molecule has 2 aromatic carbocycles. The van der Waals surface area contributed by atoms with Gasteiger partial charge in [0.1, 0.15) is 5.75 Å². The van der Waals surface area contributed by atoms with E-state index in [1.807, 2.05) is 32.0 Å². The second-order valence-corrected chi connectivity index (χ2v) is 9.25. The summed E-state index contributed by atoms with van der Waals surface area (Å²) in [7, 11) is 0. The number of ether oxygens (including phenoxy) is 1. The molecule has 9 nitrogen and oxygen atoms in total. The Morgan fingerprint density at radius 1 is 1.14 bits per heavy atom. The van der Waals surface area contributed by atoms with Crippen LogP contribution >= 0.6 is 0 Å². The highest BCUT2D eigenvalue weighted by Crippen LogP contribution is 2.30. The maximum absolute atomic E-state index is 12.2. The van der Waals surface area contributed by atoms with Crippen molar-refractivity contribution in [1.82, 2.24) is 20.4 Å². The second kappa shape index (κ2) is 10.9. The number of nitrogens with two attached hydrogens (primary N) is 1. The average molecular weight is 480 g/mol. The summed E-state index contributed by atoms with van der Waals surface area (Å²) in [4.78, 5) is 18.9. The van der Waals surface area contributed by atoms with Gasteiger partial charge < -0.3 is 25.4 Å². The highest BCUT2D eigenvalue weighted by Gasteiger charge is 2.19. The molecule has 0 saturated carbocycles. The van der Waals surface area contributed by atoms with Gasteiger partial charge in [0.15, 0.2) is 0 Å². The minimum absolute atomic E-state index is 0.0329. The molecule has 0 radical (unpaired) electrons. The van der Waals surface area contributed by atoms with Crippen LogP contribution in [0.15, 0.2) is 40.9 Å². The molecule has 9 heteroatoms. The molecule has 0 bridgehead atoms. The van der Waals surface area contributed by atoms with Gasteiger partial charge in [-0.15, -0.1) is 0 Å². The monoisotopic (exact) mass is 479 g/mol. The lowest BCUT2D eigenvalue weighted by molar-refractivity contribution is -0.123. The van der Waals surface area contributed by atoms with E-state index < -0.39 is 0 Å². The topological polar surface area (TPSA) is 127 Å². The van der Waals surface area contributed by atoms with Crippen LogP contribution in [0.25, 0.3) is 22.8 Å². The van der Waals surface area contributed by atoms with Crippen LogP contribution in [0, 0.1) is 0 Å². The SMILES string of the molecule is CC(C)Oc1ccc(-c2nc(-c3ccc4c(c3)CCN(CC(=O)N[C@H](C)CO)CC4)no2)cc1N. The van der Waals surface area contributed by atoms with E-state index >= 15 is 0 Å². The van der Waals surface area contributed by atoms with E-state index in [0.29, 0.717) is 29.7 Å². The number of carbonyl (C=O) groups excluding carboxylic acids is 1. The highest BCUT2D eigenvalue weighted by molar-refractivity contribution is 5.78. The summed E-state index contributed by atoms with van der Waals surface area (Å²) in [6.45, 7) is 7.52. The quantitative estimate of drug-likeness (QED) is 0.421. The minimum Gasteiger partial charge on any atom is -0.489 e. The smallest absolute Gasteiger partial charge is 0.258 e. The Morgan fingerprint density at radius 3 is 2.60 bits per heavy atom. The van der Waals surface area contributed by atoms with Gasteiger partial charge in [0.2, 0.25) is 11.7 Å². The maximum Gasteiger partial charge on any atom is 0.258 e. The molecule has 0 fully saturated rings. The summed E-state index contributed by atoms with van der Waals surface area (Å²) >= 11 is 0. The fourth-order valence-electron chi connectivity index (χ4n) is 4.14. The van der Waals surface area contributed by atoms with E-state index in [-0.39, 0.29) is 24.7 Å². The van der Waals surface area contributed by atoms with E-state index in [2.05, 4.69) is 32.5 Å². The van der Waals surface area contributed by atoms with Crippen LogP contribution in [0.4, 0.5) is 5.69 Å². The van der Waals surface area contributed by atoms with Gasteiger partial charge in [0.05, 0.1) is 24.9 Å². The van der Waals surface area contributed by atoms with Crippen molar-refractivity contribution >= 4 is 11.6 Å². The molecule has 186 valence electrons. The van der Waals surface area contributed by atoms with Gasteiger partial charge in [0, 0.05) is 30.3 Å². The molecule has 0 saturated heterocycles. The van der Waals surface area contributed by atoms with Crippen molar-refractivity contribution in [2.24, 2.45) is 0 Å². The summed E-state index contributed by atoms with van der Waals surface area (Å²) < 4.78 is 11.2. The number of nitrogens with one attached hydrogen (secondary N) is 1. The Labute approximate surface area is 205 Å². The van der Waals surface area contributed by atoms with E-state index in [1.54, 1.807) is 13.0 Å². The molecule has 1 aliphatic heterocycles. The van der Waals surface area contributed by atoms with Gasteiger partial charge in [-0.2, -0.15) is 4.98 Å². The summed E-state index contributed by atoms with van der Waals surface area (Å²) in [6, 6.07) is 11.4. The molecule has 4 rings (SSSR count). The van der Waals surface area contributed by atoms with Gasteiger partial charge in [-0.25, -0.2) is 0 Å². The normalized spacial score (nSPS) is 14.9. The highest BCUT2D eigenvalue weighted by atomic mass is 16.5. The molecule has 35 heavy (non-hydrogen) atoms. The number of hydrogen-bond donors (Lipinski definition) is 3. The minimum atomic E-state index is -0.239. The van der Waals surface area contributed by atoms with Crippen LogP contribution in [-0.4, -0.2) is 64.4 Å². The third kappa shape index (κ3) is 6.17. The number of aliphatic hydroxyl groups is 1. The zero-order chi connectivity index (χ0) is 24.9. The lowest BCUT2D eigenvalue weighted by atomic mass is 10.00. The number of aliphatic hydroxyl groups excluding tert-OH is 1. The van der Waals surface area contributed by atoms with E-state index in [1.165, 1.54) is 11.1 Å². The molecular weight excluding hydrogens is 446 g/mol. The van der Waals surface area contributed by atoms with Crippen molar-refractivity contribution in [3.63, 3.8) is 0 Å². The van der Waals surface area contributed by atoms with Crippen LogP contribution in [0.5, 0.6) is 5.75 Å². The molecule has 0 aliphatic carbocycles. The summed E-state index contributed by atoms with van der Waals surface area (Å²) in [5, 5.41) is 16.1. The summed E-state index contributed by atoms with van der Waals surface area (Å²) in [5.74, 6) is 1.47. The third-order valence-corrected chi connectivity index (χ3v) is 5.95. The lowest BCUT2D eigenvalue weighted by Crippen LogP contribution is -2.43. The van der Waals surface area contributed by atoms with Crippen LogP contribution in [0.3, 0.4) is 0 Å². The Hall–Kier alpha value is -3.43. The van der Waals surface area contributed by atoms with Crippen LogP contribution in [0.2, 0.25) is 0 Å². The first-order chi connectivity index (χ1) is 16.8. The standard InChI is InChI=1S/C26H33N5O4/c1-16(2)34-23-7-6-21(13-22(23)27)26-29-25(30-35-26)20-5-4-18-8-10-31(11-9-19(18)12-20)14-24(33)28-17(3)15-32/h4-7,12-13,16-17,32H,8-11,14-15,27H2,1-3H3,(H,28,33)/t17-/m1/s1. The number of amides is 1. The fourth-order valence-corrected chi connectivity index (χ4v) is 4.14. The Balaban J connectivity index is 1.44. The number of aromatic nitrogens is 2. The Kier molecular flexibility index (Phi) is 7.67. The number of nitrogens with zero attached hydrogens (tertiary/aromatic N) is 3. The molecular formula is C26H33N5O4. The third-order valence-electron chi connectivity index (χ3n) is 5.95. The number of hydrogen-bond acceptors (Lipinski definition) is 8. The predicted molar refractivity (Wildman–Crippen MR) is 134 cm³/mol. The van der Waals surface area contributed by atoms with Crippen molar-refractivity contribution in [1.29, 1.82) is 0 Å². The first-order valence-corrected chi connectivity index (χ1v) is 12.0. The molecule has 2 heterocycles. The molecule has 1 aromatic heterocycles. The molecule has 0 unspecified atom stereocenters. The van der Waals surface area contributed by atoms with Crippen LogP contribution < -0.4 is 15.8 Å². The lowest BCUT2D eigenvalue weighted by Gasteiger charge is -2.20. The zero-order valence-corrected chi connectivity index (χ0v) is 20.5. The number of rotatable bonds is 8. The van der Waals surface area contributed by atoms with Crippen molar-refractivity contribution in [3.05, 3.63) is 47.5 Å². The molecule has 1 atom stereocenters. The number of nitrogen functional groups attached to an aromatic ring is 1. The van der Waals surface area contributed by atoms with E-state index in [0.717, 1.165) is 37.1 Å². The first kappa shape index (κ1) is 24.7. The molecule has 0 spiro atoms. The van der Waals surface area contributed by atoms with Crippen LogP contribution in [-0.2, 0) is 17.6 Å². The van der Waals surface area contributed by atoms with E-state index in [4.69, 9.17) is 20.1 Å². The fraction of sp³-hybridized carbons (Fsp3) is 0.423. The van der Waals surface area contributed by atoms with Gasteiger partial charge >= 0.3 is 0 Å². The zero-order valence-electron chi connectivity index (χ0n) is 20.5. The molecule has 1 aliphatic rings. The van der Waals surface area contributed by atoms with E-state index in [9.17, 15) is 4.79 Å². The maximum atomic E-state index is 12.2. The summed E-state index contributed by atoms with van der Waals surface area (Å²) in [5.41, 5.74) is 10.8. The number of benzene rings is 2. The van der Waals surface area contributed by atoms with Crippen molar-refractivity contribution in [2.45, 2.75) is 45.8 Å².